The van der Waals surface area contributed by atoms with Crippen LogP contribution in [0.5, 0.6) is 0 Å². The van der Waals surface area contributed by atoms with Crippen molar-refractivity contribution in [3.63, 3.8) is 0 Å². The lowest BCUT2D eigenvalue weighted by Crippen LogP contribution is -2.29. The van der Waals surface area contributed by atoms with Gasteiger partial charge in [-0.1, -0.05) is 0 Å². The first kappa shape index (κ1) is 12.4. The average molecular weight is 275 g/mol. The second kappa shape index (κ2) is 6.71. The summed E-state index contributed by atoms with van der Waals surface area (Å²) in [5, 5.41) is 15.2. The largest absolute Gasteiger partial charge is 0.392 e. The van der Waals surface area contributed by atoms with Gasteiger partial charge in [0.25, 0.3) is 0 Å². The Labute approximate surface area is 97.5 Å². The highest BCUT2D eigenvalue weighted by Gasteiger charge is 1.99. The molecule has 1 rings (SSSR count). The lowest BCUT2D eigenvalue weighted by molar-refractivity contribution is 0.192. The highest BCUT2D eigenvalue weighted by atomic mass is 79.9. The number of aromatic nitrogens is 2. The molecule has 3 N–H and O–H groups in total. The maximum atomic E-state index is 9.00. The molecule has 1 aromatic rings. The Kier molecular flexibility index (Phi) is 5.52. The first-order chi connectivity index (χ1) is 7.20. The molecule has 0 saturated heterocycles. The second-order valence-corrected chi connectivity index (χ2v) is 4.05. The molecule has 84 valence electrons. The third-order valence-corrected chi connectivity index (χ3v) is 2.28. The van der Waals surface area contributed by atoms with Gasteiger partial charge in [-0.25, -0.2) is 9.97 Å². The van der Waals surface area contributed by atoms with Crippen LogP contribution in [-0.4, -0.2) is 40.8 Å². The summed E-state index contributed by atoms with van der Waals surface area (Å²) in [7, 11) is 0. The molecule has 1 unspecified atom stereocenters. The Balaban J connectivity index is 2.18. The van der Waals surface area contributed by atoms with E-state index in [2.05, 4.69) is 36.5 Å². The first-order valence-corrected chi connectivity index (χ1v) is 5.57. The van der Waals surface area contributed by atoms with Crippen LogP contribution in [0.3, 0.4) is 0 Å². The topological polar surface area (TPSA) is 70.1 Å². The van der Waals surface area contributed by atoms with Crippen molar-refractivity contribution < 1.29 is 5.11 Å². The van der Waals surface area contributed by atoms with Crippen molar-refractivity contribution in [3.8, 4) is 0 Å². The molecule has 5 nitrogen and oxygen atoms in total. The predicted molar refractivity (Wildman–Crippen MR) is 62.8 cm³/mol. The van der Waals surface area contributed by atoms with Crippen LogP contribution in [0.1, 0.15) is 6.92 Å². The fourth-order valence-corrected chi connectivity index (χ4v) is 1.38. The van der Waals surface area contributed by atoms with Crippen LogP contribution >= 0.6 is 15.9 Å². The maximum absolute atomic E-state index is 9.00. The monoisotopic (exact) mass is 274 g/mol. The van der Waals surface area contributed by atoms with Crippen LogP contribution < -0.4 is 10.6 Å². The van der Waals surface area contributed by atoms with Crippen LogP contribution in [0.4, 0.5) is 5.82 Å². The number of hydrogen-bond acceptors (Lipinski definition) is 5. The van der Waals surface area contributed by atoms with Gasteiger partial charge >= 0.3 is 0 Å². The number of hydrogen-bond donors (Lipinski definition) is 3. The molecule has 1 atom stereocenters. The Morgan fingerprint density at radius 1 is 1.53 bits per heavy atom. The van der Waals surface area contributed by atoms with Gasteiger partial charge in [0.1, 0.15) is 12.1 Å². The van der Waals surface area contributed by atoms with Gasteiger partial charge in [0.05, 0.1) is 10.6 Å². The molecule has 0 aliphatic carbocycles. The summed E-state index contributed by atoms with van der Waals surface area (Å²) >= 11 is 3.34. The zero-order valence-electron chi connectivity index (χ0n) is 8.57. The van der Waals surface area contributed by atoms with Crippen LogP contribution in [-0.2, 0) is 0 Å². The number of aliphatic hydroxyl groups excluding tert-OH is 1. The van der Waals surface area contributed by atoms with Crippen molar-refractivity contribution >= 4 is 21.7 Å². The summed E-state index contributed by atoms with van der Waals surface area (Å²) in [5.74, 6) is 0.781. The van der Waals surface area contributed by atoms with Crippen LogP contribution in [0.15, 0.2) is 17.0 Å². The summed E-state index contributed by atoms with van der Waals surface area (Å²) in [6.07, 6.45) is 2.88. The second-order valence-electron chi connectivity index (χ2n) is 3.20. The fourth-order valence-electron chi connectivity index (χ4n) is 1.02. The van der Waals surface area contributed by atoms with Crippen molar-refractivity contribution in [1.82, 2.24) is 15.3 Å². The number of anilines is 1. The minimum absolute atomic E-state index is 0.309. The third-order valence-electron chi connectivity index (χ3n) is 1.70. The van der Waals surface area contributed by atoms with Crippen molar-refractivity contribution in [1.29, 1.82) is 0 Å². The quantitative estimate of drug-likeness (QED) is 0.664. The Morgan fingerprint density at radius 3 is 3.00 bits per heavy atom. The molecule has 6 heteroatoms. The molecule has 0 bridgehead atoms. The minimum atomic E-state index is -0.309. The van der Waals surface area contributed by atoms with E-state index in [0.29, 0.717) is 6.54 Å². The van der Waals surface area contributed by atoms with Gasteiger partial charge < -0.3 is 15.7 Å². The Bertz CT molecular complexity index is 295. The van der Waals surface area contributed by atoms with E-state index in [1.807, 2.05) is 0 Å². The lowest BCUT2D eigenvalue weighted by Gasteiger charge is -2.08. The molecule has 0 aromatic carbocycles. The molecule has 0 spiro atoms. The molecule has 0 fully saturated rings. The molecule has 1 aromatic heterocycles. The van der Waals surface area contributed by atoms with Crippen molar-refractivity contribution in [2.45, 2.75) is 13.0 Å². The maximum Gasteiger partial charge on any atom is 0.143 e. The number of nitrogens with zero attached hydrogens (tertiary/aromatic N) is 2. The van der Waals surface area contributed by atoms with Crippen LogP contribution in [0.25, 0.3) is 0 Å². The van der Waals surface area contributed by atoms with E-state index >= 15 is 0 Å². The van der Waals surface area contributed by atoms with E-state index in [-0.39, 0.29) is 6.10 Å². The fraction of sp³-hybridized carbons (Fsp3) is 0.556. The smallest absolute Gasteiger partial charge is 0.143 e. The van der Waals surface area contributed by atoms with Gasteiger partial charge in [0.2, 0.25) is 0 Å². The minimum Gasteiger partial charge on any atom is -0.392 e. The molecular formula is C9H15BrN4O. The molecule has 0 radical (unpaired) electrons. The number of halogens is 1. The molecule has 15 heavy (non-hydrogen) atoms. The SMILES string of the molecule is CC(O)CNCCNc1ncncc1Br. The van der Waals surface area contributed by atoms with Gasteiger partial charge in [-0.15, -0.1) is 0 Å². The van der Waals surface area contributed by atoms with Crippen LogP contribution in [0.2, 0.25) is 0 Å². The Morgan fingerprint density at radius 2 is 2.33 bits per heavy atom. The lowest BCUT2D eigenvalue weighted by atomic mass is 10.4. The number of rotatable bonds is 6. The highest BCUT2D eigenvalue weighted by molar-refractivity contribution is 9.10. The molecule has 1 heterocycles. The van der Waals surface area contributed by atoms with E-state index in [4.69, 9.17) is 5.11 Å². The van der Waals surface area contributed by atoms with Crippen molar-refractivity contribution in [2.24, 2.45) is 0 Å². The summed E-state index contributed by atoms with van der Waals surface area (Å²) in [6, 6.07) is 0. The van der Waals surface area contributed by atoms with Crippen molar-refractivity contribution in [2.75, 3.05) is 25.0 Å². The summed E-state index contributed by atoms with van der Waals surface area (Å²) < 4.78 is 0.848. The van der Waals surface area contributed by atoms with Gasteiger partial charge in [-0.05, 0) is 22.9 Å². The normalized spacial score (nSPS) is 12.5. The van der Waals surface area contributed by atoms with E-state index in [1.165, 1.54) is 6.33 Å². The zero-order chi connectivity index (χ0) is 11.1. The summed E-state index contributed by atoms with van der Waals surface area (Å²) in [4.78, 5) is 7.93. The van der Waals surface area contributed by atoms with Crippen molar-refractivity contribution in [3.05, 3.63) is 17.0 Å². The zero-order valence-corrected chi connectivity index (χ0v) is 10.2. The molecule has 0 aliphatic rings. The number of nitrogens with one attached hydrogen (secondary N) is 2. The van der Waals surface area contributed by atoms with E-state index in [1.54, 1.807) is 13.1 Å². The average Bonchev–Trinajstić information content (AvgIpc) is 2.20. The highest BCUT2D eigenvalue weighted by Crippen LogP contribution is 2.16. The van der Waals surface area contributed by atoms with E-state index < -0.39 is 0 Å². The summed E-state index contributed by atoms with van der Waals surface area (Å²) in [5.41, 5.74) is 0. The van der Waals surface area contributed by atoms with E-state index in [9.17, 15) is 0 Å². The number of aliphatic hydroxyl groups is 1. The molecular weight excluding hydrogens is 260 g/mol. The Hall–Kier alpha value is -0.720. The van der Waals surface area contributed by atoms with Gasteiger partial charge in [-0.2, -0.15) is 0 Å². The van der Waals surface area contributed by atoms with Gasteiger partial charge in [0, 0.05) is 25.8 Å². The third kappa shape index (κ3) is 5.06. The molecule has 0 saturated carbocycles. The molecule has 0 aliphatic heterocycles. The first-order valence-electron chi connectivity index (χ1n) is 4.78. The standard InChI is InChI=1S/C9H15BrN4O/c1-7(15)4-11-2-3-13-9-8(10)5-12-6-14-9/h5-7,11,15H,2-4H2,1H3,(H,12,13,14). The predicted octanol–water partition coefficient (Wildman–Crippen LogP) is 0.621. The van der Waals surface area contributed by atoms with Gasteiger partial charge in [-0.3, -0.25) is 0 Å². The summed E-state index contributed by atoms with van der Waals surface area (Å²) in [6.45, 7) is 3.89. The van der Waals surface area contributed by atoms with Crippen LogP contribution in [0, 0.1) is 0 Å². The van der Waals surface area contributed by atoms with Gasteiger partial charge in [0.15, 0.2) is 0 Å². The molecule has 0 amide bonds. The van der Waals surface area contributed by atoms with E-state index in [0.717, 1.165) is 23.4 Å².